The molecule has 6 aromatic rings. The van der Waals surface area contributed by atoms with Crippen LogP contribution in [0.1, 0.15) is 0 Å². The summed E-state index contributed by atoms with van der Waals surface area (Å²) in [5.41, 5.74) is 8.93. The van der Waals surface area contributed by atoms with Crippen molar-refractivity contribution >= 4 is 39.0 Å². The van der Waals surface area contributed by atoms with E-state index in [0.29, 0.717) is 5.65 Å². The first-order valence-corrected chi connectivity index (χ1v) is 11.0. The van der Waals surface area contributed by atoms with E-state index >= 15 is 0 Å². The van der Waals surface area contributed by atoms with Crippen LogP contribution in [0.2, 0.25) is 0 Å². The molecular weight excluding hydrogens is 404 g/mol. The van der Waals surface area contributed by atoms with Crippen molar-refractivity contribution in [2.24, 2.45) is 0 Å². The summed E-state index contributed by atoms with van der Waals surface area (Å²) in [5, 5.41) is 2.37. The second-order valence-electron chi connectivity index (χ2n) is 8.13. The molecule has 0 saturated carbocycles. The van der Waals surface area contributed by atoms with E-state index in [9.17, 15) is 0 Å². The van der Waals surface area contributed by atoms with E-state index in [0.717, 1.165) is 45.1 Å². The quantitative estimate of drug-likeness (QED) is 0.300. The number of rotatable bonds is 3. The minimum Gasteiger partial charge on any atom is -0.310 e. The summed E-state index contributed by atoms with van der Waals surface area (Å²) in [6, 6.07) is 35.7. The molecule has 1 aliphatic carbocycles. The Morgan fingerprint density at radius 2 is 1.24 bits per heavy atom. The SMILES string of the molecule is c1ccc(N(c2ccccc2)c2ccc3c4c(cccc24)-c2nc4cccnc4nc2-3)cc1. The molecule has 0 saturated heterocycles. The lowest BCUT2D eigenvalue weighted by molar-refractivity contribution is 1.24. The summed E-state index contributed by atoms with van der Waals surface area (Å²) in [6.07, 6.45) is 1.77. The number of hydrogen-bond donors (Lipinski definition) is 0. The lowest BCUT2D eigenvalue weighted by atomic mass is 10.0. The second-order valence-corrected chi connectivity index (χ2v) is 8.13. The zero-order chi connectivity index (χ0) is 21.8. The third-order valence-corrected chi connectivity index (χ3v) is 6.24. The molecule has 0 aliphatic heterocycles. The number of nitrogens with zero attached hydrogens (tertiary/aromatic N) is 4. The molecule has 0 unspecified atom stereocenters. The first-order valence-electron chi connectivity index (χ1n) is 11.0. The van der Waals surface area contributed by atoms with E-state index in [1.165, 1.54) is 10.8 Å². The molecule has 0 atom stereocenters. The van der Waals surface area contributed by atoms with Crippen molar-refractivity contribution in [1.82, 2.24) is 15.0 Å². The largest absolute Gasteiger partial charge is 0.310 e. The minimum absolute atomic E-state index is 0.677. The average molecular weight is 422 g/mol. The van der Waals surface area contributed by atoms with Gasteiger partial charge in [0.05, 0.1) is 17.1 Å². The Balaban J connectivity index is 1.52. The Morgan fingerprint density at radius 3 is 2.00 bits per heavy atom. The Labute approximate surface area is 190 Å². The third-order valence-electron chi connectivity index (χ3n) is 6.24. The number of fused-ring (bicyclic) bond motifs is 4. The smallest absolute Gasteiger partial charge is 0.178 e. The first kappa shape index (κ1) is 18.0. The van der Waals surface area contributed by atoms with Crippen LogP contribution < -0.4 is 4.90 Å². The van der Waals surface area contributed by atoms with Gasteiger partial charge in [-0.05, 0) is 48.5 Å². The lowest BCUT2D eigenvalue weighted by Gasteiger charge is -2.27. The van der Waals surface area contributed by atoms with Crippen molar-refractivity contribution < 1.29 is 0 Å². The topological polar surface area (TPSA) is 41.9 Å². The molecule has 0 spiro atoms. The highest BCUT2D eigenvalue weighted by Crippen LogP contribution is 2.49. The first-order chi connectivity index (χ1) is 16.4. The molecule has 7 rings (SSSR count). The Kier molecular flexibility index (Phi) is 3.81. The summed E-state index contributed by atoms with van der Waals surface area (Å²) in [7, 11) is 0. The molecule has 2 aromatic heterocycles. The zero-order valence-electron chi connectivity index (χ0n) is 17.7. The molecule has 0 amide bonds. The molecule has 154 valence electrons. The molecule has 4 aromatic carbocycles. The maximum absolute atomic E-state index is 4.95. The van der Waals surface area contributed by atoms with E-state index in [1.807, 2.05) is 24.3 Å². The fourth-order valence-electron chi connectivity index (χ4n) is 4.83. The Morgan fingerprint density at radius 1 is 0.545 bits per heavy atom. The van der Waals surface area contributed by atoms with E-state index < -0.39 is 0 Å². The van der Waals surface area contributed by atoms with Gasteiger partial charge in [-0.2, -0.15) is 0 Å². The number of anilines is 3. The van der Waals surface area contributed by atoms with E-state index in [4.69, 9.17) is 9.97 Å². The highest BCUT2D eigenvalue weighted by Gasteiger charge is 2.27. The van der Waals surface area contributed by atoms with Crippen LogP contribution in [0, 0.1) is 0 Å². The standard InChI is InChI=1S/C29H18N4/c1-3-9-19(10-4-1)33(20-11-5-2-6-12-20)25-17-16-23-26-21(25)13-7-14-22(26)27-28(23)32-29-24(31-27)15-8-18-30-29/h1-18H. The number of aromatic nitrogens is 3. The van der Waals surface area contributed by atoms with Gasteiger partial charge in [0.1, 0.15) is 5.52 Å². The molecule has 0 N–H and O–H groups in total. The van der Waals surface area contributed by atoms with Gasteiger partial charge >= 0.3 is 0 Å². The predicted molar refractivity (Wildman–Crippen MR) is 134 cm³/mol. The fraction of sp³-hybridized carbons (Fsp3) is 0. The minimum atomic E-state index is 0.677. The maximum atomic E-state index is 4.95. The lowest BCUT2D eigenvalue weighted by Crippen LogP contribution is -2.10. The van der Waals surface area contributed by atoms with Crippen LogP contribution in [0.5, 0.6) is 0 Å². The van der Waals surface area contributed by atoms with Crippen LogP contribution in [0.25, 0.3) is 44.5 Å². The van der Waals surface area contributed by atoms with Crippen LogP contribution in [0.15, 0.2) is 109 Å². The highest BCUT2D eigenvalue weighted by molar-refractivity contribution is 6.18. The number of hydrogen-bond acceptors (Lipinski definition) is 4. The Bertz CT molecular complexity index is 1570. The van der Waals surface area contributed by atoms with Gasteiger partial charge in [0.15, 0.2) is 5.65 Å². The summed E-state index contributed by atoms with van der Waals surface area (Å²) < 4.78 is 0. The molecule has 1 aliphatic rings. The summed E-state index contributed by atoms with van der Waals surface area (Å²) in [5.74, 6) is 0. The number of benzene rings is 4. The number of para-hydroxylation sites is 2. The predicted octanol–water partition coefficient (Wildman–Crippen LogP) is 7.30. The molecule has 0 bridgehead atoms. The van der Waals surface area contributed by atoms with Gasteiger partial charge in [-0.1, -0.05) is 54.6 Å². The van der Waals surface area contributed by atoms with Gasteiger partial charge in [-0.15, -0.1) is 0 Å². The molecule has 4 heteroatoms. The van der Waals surface area contributed by atoms with Crippen molar-refractivity contribution in [3.05, 3.63) is 109 Å². The van der Waals surface area contributed by atoms with Gasteiger partial charge in [0.25, 0.3) is 0 Å². The van der Waals surface area contributed by atoms with E-state index in [-0.39, 0.29) is 0 Å². The van der Waals surface area contributed by atoms with Gasteiger partial charge < -0.3 is 4.90 Å². The molecule has 2 heterocycles. The molecule has 33 heavy (non-hydrogen) atoms. The van der Waals surface area contributed by atoms with Gasteiger partial charge in [-0.3, -0.25) is 0 Å². The Hall–Kier alpha value is -4.57. The maximum Gasteiger partial charge on any atom is 0.178 e. The van der Waals surface area contributed by atoms with Crippen LogP contribution in [0.4, 0.5) is 17.1 Å². The van der Waals surface area contributed by atoms with Gasteiger partial charge in [0, 0.05) is 39.5 Å². The fourth-order valence-corrected chi connectivity index (χ4v) is 4.83. The van der Waals surface area contributed by atoms with Crippen LogP contribution in [0.3, 0.4) is 0 Å². The monoisotopic (exact) mass is 422 g/mol. The average Bonchev–Trinajstić information content (AvgIpc) is 3.19. The van der Waals surface area contributed by atoms with Gasteiger partial charge in [-0.25, -0.2) is 15.0 Å². The van der Waals surface area contributed by atoms with Crippen molar-refractivity contribution in [3.63, 3.8) is 0 Å². The van der Waals surface area contributed by atoms with Crippen LogP contribution in [-0.2, 0) is 0 Å². The van der Waals surface area contributed by atoms with E-state index in [2.05, 4.69) is 88.7 Å². The zero-order valence-corrected chi connectivity index (χ0v) is 17.7. The van der Waals surface area contributed by atoms with Crippen molar-refractivity contribution in [2.45, 2.75) is 0 Å². The van der Waals surface area contributed by atoms with Gasteiger partial charge in [0.2, 0.25) is 0 Å². The molecule has 0 radical (unpaired) electrons. The van der Waals surface area contributed by atoms with Crippen molar-refractivity contribution in [2.75, 3.05) is 4.90 Å². The highest BCUT2D eigenvalue weighted by atomic mass is 15.1. The molecule has 0 fully saturated rings. The number of pyridine rings is 1. The molecular formula is C29H18N4. The normalized spacial score (nSPS) is 11.6. The van der Waals surface area contributed by atoms with Crippen LogP contribution in [-0.4, -0.2) is 15.0 Å². The van der Waals surface area contributed by atoms with Crippen molar-refractivity contribution in [1.29, 1.82) is 0 Å². The van der Waals surface area contributed by atoms with Crippen molar-refractivity contribution in [3.8, 4) is 22.5 Å². The second kappa shape index (κ2) is 6.97. The summed E-state index contributed by atoms with van der Waals surface area (Å²) in [4.78, 5) is 16.6. The molecule has 4 nitrogen and oxygen atoms in total. The third kappa shape index (κ3) is 2.68. The van der Waals surface area contributed by atoms with E-state index in [1.54, 1.807) is 6.20 Å². The summed E-state index contributed by atoms with van der Waals surface area (Å²) >= 11 is 0. The summed E-state index contributed by atoms with van der Waals surface area (Å²) in [6.45, 7) is 0. The van der Waals surface area contributed by atoms with Crippen LogP contribution >= 0.6 is 0 Å².